The second-order valence-corrected chi connectivity index (χ2v) is 5.19. The third kappa shape index (κ3) is 4.82. The summed E-state index contributed by atoms with van der Waals surface area (Å²) in [5.74, 6) is -0.342. The molecule has 0 aromatic heterocycles. The van der Waals surface area contributed by atoms with Gasteiger partial charge in [0.1, 0.15) is 6.17 Å². The molecule has 0 heterocycles. The van der Waals surface area contributed by atoms with Crippen LogP contribution >= 0.6 is 0 Å². The smallest absolute Gasteiger partial charge is 0.316 e. The Kier molecular flexibility index (Phi) is 6.33. The summed E-state index contributed by atoms with van der Waals surface area (Å²) in [6.07, 6.45) is -0.692. The van der Waals surface area contributed by atoms with Crippen molar-refractivity contribution in [1.82, 2.24) is 16.0 Å². The van der Waals surface area contributed by atoms with Gasteiger partial charge in [-0.25, -0.2) is 4.79 Å². The van der Waals surface area contributed by atoms with Crippen LogP contribution in [-0.4, -0.2) is 30.7 Å². The third-order valence-electron chi connectivity index (χ3n) is 3.50. The van der Waals surface area contributed by atoms with Crippen molar-refractivity contribution in [2.75, 3.05) is 13.7 Å². The molecule has 0 saturated carbocycles. The molecule has 24 heavy (non-hydrogen) atoms. The lowest BCUT2D eigenvalue weighted by Gasteiger charge is -2.20. The molecule has 0 aliphatic carbocycles. The number of nitrogens with one attached hydrogen (secondary N) is 3. The van der Waals surface area contributed by atoms with Gasteiger partial charge >= 0.3 is 6.03 Å². The lowest BCUT2D eigenvalue weighted by molar-refractivity contribution is -0.122. The van der Waals surface area contributed by atoms with Crippen molar-refractivity contribution in [1.29, 1.82) is 0 Å². The first-order chi connectivity index (χ1) is 11.6. The molecule has 2 rings (SSSR count). The van der Waals surface area contributed by atoms with E-state index in [1.165, 1.54) is 7.05 Å². The van der Waals surface area contributed by atoms with Crippen LogP contribution in [0.1, 0.15) is 18.2 Å². The highest BCUT2D eigenvalue weighted by atomic mass is 16.3. The van der Waals surface area contributed by atoms with Gasteiger partial charge in [0.15, 0.2) is 0 Å². The van der Waals surface area contributed by atoms with Crippen LogP contribution in [0.4, 0.5) is 4.79 Å². The van der Waals surface area contributed by atoms with E-state index in [1.807, 2.05) is 54.6 Å². The molecule has 2 aromatic rings. The fourth-order valence-electron chi connectivity index (χ4n) is 2.24. The highest BCUT2D eigenvalue weighted by Gasteiger charge is 2.16. The van der Waals surface area contributed by atoms with E-state index in [0.29, 0.717) is 0 Å². The van der Waals surface area contributed by atoms with Gasteiger partial charge in [-0.05, 0) is 16.7 Å². The van der Waals surface area contributed by atoms with Crippen molar-refractivity contribution in [2.45, 2.75) is 12.6 Å². The number of carbonyl (C=O) groups is 2. The molecule has 0 aliphatic heterocycles. The number of hydrogen-bond donors (Lipinski definition) is 4. The fourth-order valence-corrected chi connectivity index (χ4v) is 2.24. The third-order valence-corrected chi connectivity index (χ3v) is 3.50. The lowest BCUT2D eigenvalue weighted by atomic mass is 10.0. The Morgan fingerprint density at radius 2 is 1.58 bits per heavy atom. The zero-order valence-corrected chi connectivity index (χ0v) is 13.5. The molecule has 3 amide bonds. The van der Waals surface area contributed by atoms with E-state index in [2.05, 4.69) is 16.0 Å². The molecule has 4 N–H and O–H groups in total. The summed E-state index contributed by atoms with van der Waals surface area (Å²) in [4.78, 5) is 23.3. The first-order valence-electron chi connectivity index (χ1n) is 7.68. The van der Waals surface area contributed by atoms with Gasteiger partial charge in [0.2, 0.25) is 5.91 Å². The predicted molar refractivity (Wildman–Crippen MR) is 92.1 cm³/mol. The van der Waals surface area contributed by atoms with Crippen molar-refractivity contribution >= 4 is 11.9 Å². The number of aliphatic hydroxyl groups is 1. The molecule has 0 aliphatic rings. The van der Waals surface area contributed by atoms with Crippen LogP contribution < -0.4 is 16.0 Å². The fraction of sp³-hybridized carbons (Fsp3) is 0.222. The van der Waals surface area contributed by atoms with Crippen molar-refractivity contribution in [3.63, 3.8) is 0 Å². The first kappa shape index (κ1) is 17.5. The monoisotopic (exact) mass is 327 g/mol. The van der Waals surface area contributed by atoms with Crippen LogP contribution in [0.3, 0.4) is 0 Å². The van der Waals surface area contributed by atoms with E-state index in [-0.39, 0.29) is 18.9 Å². The zero-order valence-electron chi connectivity index (χ0n) is 13.5. The maximum Gasteiger partial charge on any atom is 0.316 e. The molecule has 0 radical (unpaired) electrons. The minimum absolute atomic E-state index is 0.0198. The largest absolute Gasteiger partial charge is 0.396 e. The average Bonchev–Trinajstić information content (AvgIpc) is 2.62. The Bertz CT molecular complexity index is 672. The molecule has 0 saturated heterocycles. The van der Waals surface area contributed by atoms with Gasteiger partial charge in [0.05, 0.1) is 6.61 Å². The quantitative estimate of drug-likeness (QED) is 0.610. The molecule has 1 atom stereocenters. The van der Waals surface area contributed by atoms with Crippen LogP contribution in [-0.2, 0) is 4.79 Å². The maximum absolute atomic E-state index is 11.7. The Balaban J connectivity index is 2.18. The van der Waals surface area contributed by atoms with Crippen LogP contribution in [0.5, 0.6) is 0 Å². The average molecular weight is 327 g/mol. The summed E-state index contributed by atoms with van der Waals surface area (Å²) in [5.41, 5.74) is 2.87. The Morgan fingerprint density at radius 1 is 0.958 bits per heavy atom. The normalized spacial score (nSPS) is 11.4. The Labute approximate surface area is 140 Å². The van der Waals surface area contributed by atoms with E-state index in [4.69, 9.17) is 5.11 Å². The summed E-state index contributed by atoms with van der Waals surface area (Å²) >= 11 is 0. The zero-order chi connectivity index (χ0) is 17.4. The number of hydrogen-bond acceptors (Lipinski definition) is 3. The lowest BCUT2D eigenvalue weighted by Crippen LogP contribution is -2.44. The molecular weight excluding hydrogens is 306 g/mol. The van der Waals surface area contributed by atoms with E-state index in [9.17, 15) is 9.59 Å². The summed E-state index contributed by atoms with van der Waals surface area (Å²) in [5, 5.41) is 16.7. The highest BCUT2D eigenvalue weighted by Crippen LogP contribution is 2.21. The minimum atomic E-state index is -0.672. The maximum atomic E-state index is 11.7. The van der Waals surface area contributed by atoms with Gasteiger partial charge in [-0.2, -0.15) is 0 Å². The van der Waals surface area contributed by atoms with Gasteiger partial charge in [-0.3, -0.25) is 4.79 Å². The van der Waals surface area contributed by atoms with Crippen molar-refractivity contribution < 1.29 is 14.7 Å². The number of aliphatic hydroxyl groups excluding tert-OH is 1. The number of benzene rings is 2. The standard InChI is InChI=1S/C18H21N3O3/c1-19-18(24)21-17(20-16(23)11-12-22)15-9-7-14(8-10-15)13-5-3-2-4-6-13/h2-10,17,22H,11-12H2,1H3,(H,20,23)(H2,19,21,24). The summed E-state index contributed by atoms with van der Waals surface area (Å²) in [6.45, 7) is -0.245. The van der Waals surface area contributed by atoms with Crippen molar-refractivity contribution in [3.8, 4) is 11.1 Å². The number of amides is 3. The Morgan fingerprint density at radius 3 is 2.17 bits per heavy atom. The van der Waals surface area contributed by atoms with Crippen LogP contribution in [0.2, 0.25) is 0 Å². The van der Waals surface area contributed by atoms with Gasteiger partial charge in [0, 0.05) is 13.5 Å². The number of urea groups is 1. The highest BCUT2D eigenvalue weighted by molar-refractivity contribution is 5.78. The van der Waals surface area contributed by atoms with Crippen LogP contribution in [0.25, 0.3) is 11.1 Å². The number of carbonyl (C=O) groups excluding carboxylic acids is 2. The molecular formula is C18H21N3O3. The van der Waals surface area contributed by atoms with E-state index >= 15 is 0 Å². The first-order valence-corrected chi connectivity index (χ1v) is 7.68. The summed E-state index contributed by atoms with van der Waals surface area (Å²) < 4.78 is 0. The molecule has 126 valence electrons. The topological polar surface area (TPSA) is 90.5 Å². The molecule has 6 heteroatoms. The second kappa shape index (κ2) is 8.69. The number of rotatable bonds is 6. The molecule has 0 bridgehead atoms. The van der Waals surface area contributed by atoms with Gasteiger partial charge in [-0.15, -0.1) is 0 Å². The molecule has 0 spiro atoms. The summed E-state index contributed by atoms with van der Waals surface area (Å²) in [7, 11) is 1.50. The van der Waals surface area contributed by atoms with E-state index < -0.39 is 12.2 Å². The predicted octanol–water partition coefficient (Wildman–Crippen LogP) is 1.78. The van der Waals surface area contributed by atoms with E-state index in [1.54, 1.807) is 0 Å². The van der Waals surface area contributed by atoms with Crippen LogP contribution in [0, 0.1) is 0 Å². The van der Waals surface area contributed by atoms with Gasteiger partial charge in [-0.1, -0.05) is 54.6 Å². The molecule has 6 nitrogen and oxygen atoms in total. The Hall–Kier alpha value is -2.86. The van der Waals surface area contributed by atoms with E-state index in [0.717, 1.165) is 16.7 Å². The molecule has 0 fully saturated rings. The second-order valence-electron chi connectivity index (χ2n) is 5.19. The van der Waals surface area contributed by atoms with Gasteiger partial charge < -0.3 is 21.1 Å². The van der Waals surface area contributed by atoms with Crippen molar-refractivity contribution in [3.05, 3.63) is 60.2 Å². The SMILES string of the molecule is CNC(=O)NC(NC(=O)CCO)c1ccc(-c2ccccc2)cc1. The molecule has 1 unspecified atom stereocenters. The minimum Gasteiger partial charge on any atom is -0.396 e. The van der Waals surface area contributed by atoms with Crippen LogP contribution in [0.15, 0.2) is 54.6 Å². The van der Waals surface area contributed by atoms with Crippen molar-refractivity contribution in [2.24, 2.45) is 0 Å². The molecule has 2 aromatic carbocycles. The van der Waals surface area contributed by atoms with Gasteiger partial charge in [0.25, 0.3) is 0 Å². The summed E-state index contributed by atoms with van der Waals surface area (Å²) in [6, 6.07) is 17.1.